The summed E-state index contributed by atoms with van der Waals surface area (Å²) in [6.45, 7) is 0. The van der Waals surface area contributed by atoms with E-state index in [2.05, 4.69) is 0 Å². The summed E-state index contributed by atoms with van der Waals surface area (Å²) in [6.07, 6.45) is 3.00. The highest BCUT2D eigenvalue weighted by Crippen LogP contribution is 2.22. The van der Waals surface area contributed by atoms with Gasteiger partial charge < -0.3 is 15.2 Å². The van der Waals surface area contributed by atoms with Crippen LogP contribution in [0.5, 0.6) is 5.75 Å². The molecule has 3 aromatic rings. The molecule has 0 bridgehead atoms. The number of benzene rings is 3. The van der Waals surface area contributed by atoms with E-state index in [1.807, 2.05) is 6.07 Å². The Bertz CT molecular complexity index is 995. The van der Waals surface area contributed by atoms with E-state index in [4.69, 9.17) is 9.94 Å². The molecule has 6 heteroatoms. The molecule has 3 aromatic carbocycles. The second-order valence-corrected chi connectivity index (χ2v) is 5.81. The maximum atomic E-state index is 12.3. The van der Waals surface area contributed by atoms with Gasteiger partial charge in [-0.3, -0.25) is 10.0 Å². The summed E-state index contributed by atoms with van der Waals surface area (Å²) in [6, 6.07) is 21.0. The third-order valence-corrected chi connectivity index (χ3v) is 3.92. The molecule has 0 amide bonds. The lowest BCUT2D eigenvalue weighted by Gasteiger charge is -2.21. The lowest BCUT2D eigenvalue weighted by molar-refractivity contribution is 0.0734. The zero-order chi connectivity index (χ0) is 19.9. The summed E-state index contributed by atoms with van der Waals surface area (Å²) in [7, 11) is 0. The Kier molecular flexibility index (Phi) is 5.96. The van der Waals surface area contributed by atoms with Crippen LogP contribution in [0, 0.1) is 5.21 Å². The predicted octanol–water partition coefficient (Wildman–Crippen LogP) is 4.50. The molecule has 0 saturated heterocycles. The second kappa shape index (κ2) is 8.77. The average Bonchev–Trinajstić information content (AvgIpc) is 2.73. The van der Waals surface area contributed by atoms with Gasteiger partial charge in [0.25, 0.3) is 0 Å². The van der Waals surface area contributed by atoms with Gasteiger partial charge in [-0.1, -0.05) is 48.5 Å². The maximum absolute atomic E-state index is 12.3. The van der Waals surface area contributed by atoms with E-state index in [9.17, 15) is 14.8 Å². The highest BCUT2D eigenvalue weighted by molar-refractivity contribution is 6.07. The first-order valence-corrected chi connectivity index (χ1v) is 8.39. The fourth-order valence-corrected chi connectivity index (χ4v) is 2.46. The zero-order valence-corrected chi connectivity index (χ0v) is 14.7. The van der Waals surface area contributed by atoms with Crippen LogP contribution in [0.2, 0.25) is 0 Å². The lowest BCUT2D eigenvalue weighted by Crippen LogP contribution is -2.11. The van der Waals surface area contributed by atoms with Crippen LogP contribution in [0.4, 0.5) is 5.69 Å². The molecule has 0 saturated carbocycles. The van der Waals surface area contributed by atoms with Gasteiger partial charge in [-0.05, 0) is 42.5 Å². The Morgan fingerprint density at radius 3 is 2.18 bits per heavy atom. The lowest BCUT2D eigenvalue weighted by atomic mass is 10.1. The van der Waals surface area contributed by atoms with Gasteiger partial charge in [0.15, 0.2) is 5.78 Å². The van der Waals surface area contributed by atoms with Crippen molar-refractivity contribution in [3.05, 3.63) is 107 Å². The molecule has 0 atom stereocenters. The SMILES string of the molecule is O=C(C=Cc1ccccc1OC(=O)c1ccc(N([O-])O)cc1)c1ccccc1. The van der Waals surface area contributed by atoms with E-state index >= 15 is 0 Å². The molecule has 0 unspecified atom stereocenters. The van der Waals surface area contributed by atoms with Gasteiger partial charge in [0.1, 0.15) is 5.75 Å². The van der Waals surface area contributed by atoms with Crippen LogP contribution < -0.4 is 9.96 Å². The molecular formula is C22H16NO5-. The minimum absolute atomic E-state index is 0.000641. The van der Waals surface area contributed by atoms with Gasteiger partial charge >= 0.3 is 5.97 Å². The number of carbonyl (C=O) groups is 2. The zero-order valence-electron chi connectivity index (χ0n) is 14.7. The van der Waals surface area contributed by atoms with Crippen LogP contribution in [0.15, 0.2) is 84.9 Å². The number of ketones is 1. The first-order valence-electron chi connectivity index (χ1n) is 8.39. The molecular weight excluding hydrogens is 358 g/mol. The van der Waals surface area contributed by atoms with Crippen LogP contribution >= 0.6 is 0 Å². The fourth-order valence-electron chi connectivity index (χ4n) is 2.46. The molecule has 6 nitrogen and oxygen atoms in total. The van der Waals surface area contributed by atoms with Gasteiger partial charge in [0, 0.05) is 11.1 Å². The number of hydrogen-bond donors (Lipinski definition) is 1. The molecule has 28 heavy (non-hydrogen) atoms. The maximum Gasteiger partial charge on any atom is 0.343 e. The van der Waals surface area contributed by atoms with Crippen molar-refractivity contribution in [1.82, 2.24) is 0 Å². The average molecular weight is 374 g/mol. The number of anilines is 1. The smallest absolute Gasteiger partial charge is 0.343 e. The molecule has 0 radical (unpaired) electrons. The Balaban J connectivity index is 1.75. The fraction of sp³-hybridized carbons (Fsp3) is 0. The van der Waals surface area contributed by atoms with Crippen molar-refractivity contribution in [1.29, 1.82) is 0 Å². The van der Waals surface area contributed by atoms with Crippen LogP contribution in [-0.4, -0.2) is 17.0 Å². The van der Waals surface area contributed by atoms with Crippen LogP contribution in [0.25, 0.3) is 6.08 Å². The second-order valence-electron chi connectivity index (χ2n) is 5.81. The number of para-hydroxylation sites is 1. The number of hydrogen-bond acceptors (Lipinski definition) is 6. The highest BCUT2D eigenvalue weighted by atomic mass is 16.8. The first kappa shape index (κ1) is 19.0. The number of allylic oxidation sites excluding steroid dienone is 1. The Hall–Kier alpha value is -3.74. The van der Waals surface area contributed by atoms with Gasteiger partial charge in [0.2, 0.25) is 0 Å². The summed E-state index contributed by atoms with van der Waals surface area (Å²) in [4.78, 5) is 24.6. The Labute approximate surface area is 161 Å². The van der Waals surface area contributed by atoms with Crippen molar-refractivity contribution < 1.29 is 19.5 Å². The molecule has 0 aliphatic heterocycles. The van der Waals surface area contributed by atoms with Crippen molar-refractivity contribution in [2.45, 2.75) is 0 Å². The number of esters is 1. The summed E-state index contributed by atoms with van der Waals surface area (Å²) in [5, 5.41) is 19.4. The normalized spacial score (nSPS) is 10.6. The number of carbonyl (C=O) groups excluding carboxylic acids is 2. The van der Waals surface area contributed by atoms with Crippen LogP contribution in [0.3, 0.4) is 0 Å². The molecule has 0 aliphatic carbocycles. The van der Waals surface area contributed by atoms with Gasteiger partial charge in [-0.25, -0.2) is 4.79 Å². The van der Waals surface area contributed by atoms with Gasteiger partial charge in [-0.15, -0.1) is 0 Å². The summed E-state index contributed by atoms with van der Waals surface area (Å²) >= 11 is 0. The van der Waals surface area contributed by atoms with E-state index in [0.717, 1.165) is 0 Å². The number of nitrogens with zero attached hydrogens (tertiary/aromatic N) is 1. The van der Waals surface area contributed by atoms with E-state index in [1.54, 1.807) is 54.6 Å². The van der Waals surface area contributed by atoms with Gasteiger partial charge in [-0.2, -0.15) is 0 Å². The van der Waals surface area contributed by atoms with Crippen LogP contribution in [-0.2, 0) is 0 Å². The van der Waals surface area contributed by atoms with E-state index < -0.39 is 5.97 Å². The quantitative estimate of drug-likeness (QED) is 0.225. The summed E-state index contributed by atoms with van der Waals surface area (Å²) in [5.74, 6) is -0.498. The molecule has 3 rings (SSSR count). The van der Waals surface area contributed by atoms with Gasteiger partial charge in [0.05, 0.1) is 11.3 Å². The summed E-state index contributed by atoms with van der Waals surface area (Å²) < 4.78 is 5.41. The topological polar surface area (TPSA) is 89.9 Å². The largest absolute Gasteiger partial charge is 0.733 e. The van der Waals surface area contributed by atoms with Crippen molar-refractivity contribution in [3.8, 4) is 5.75 Å². The van der Waals surface area contributed by atoms with Crippen molar-refractivity contribution in [2.24, 2.45) is 0 Å². The van der Waals surface area contributed by atoms with E-state index in [-0.39, 0.29) is 22.3 Å². The predicted molar refractivity (Wildman–Crippen MR) is 105 cm³/mol. The number of rotatable bonds is 6. The molecule has 0 fully saturated rings. The highest BCUT2D eigenvalue weighted by Gasteiger charge is 2.11. The van der Waals surface area contributed by atoms with Crippen molar-refractivity contribution in [2.75, 3.05) is 5.23 Å². The Morgan fingerprint density at radius 1 is 0.857 bits per heavy atom. The first-order chi connectivity index (χ1) is 13.5. The van der Waals surface area contributed by atoms with E-state index in [0.29, 0.717) is 16.9 Å². The molecule has 0 heterocycles. The van der Waals surface area contributed by atoms with Crippen LogP contribution in [0.1, 0.15) is 26.3 Å². The minimum atomic E-state index is -0.628. The molecule has 0 spiro atoms. The number of ether oxygens (including phenoxy) is 1. The van der Waals surface area contributed by atoms with Crippen molar-refractivity contribution in [3.63, 3.8) is 0 Å². The molecule has 0 aliphatic rings. The standard InChI is InChI=1S/C22H16NO5/c24-20(16-6-2-1-3-7-16)15-12-17-8-4-5-9-21(17)28-22(25)18-10-13-19(14-11-18)23(26)27/h1-15,26H/q-1. The Morgan fingerprint density at radius 2 is 1.50 bits per heavy atom. The van der Waals surface area contributed by atoms with E-state index in [1.165, 1.54) is 30.3 Å². The summed E-state index contributed by atoms with van der Waals surface area (Å²) in [5.41, 5.74) is 1.34. The minimum Gasteiger partial charge on any atom is -0.733 e. The molecule has 0 aromatic heterocycles. The third-order valence-electron chi connectivity index (χ3n) is 3.92. The molecule has 140 valence electrons. The third kappa shape index (κ3) is 4.70. The molecule has 1 N–H and O–H groups in total. The van der Waals surface area contributed by atoms with Crippen molar-refractivity contribution >= 4 is 23.5 Å². The monoisotopic (exact) mass is 374 g/mol.